The van der Waals surface area contributed by atoms with Crippen LogP contribution in [-0.2, 0) is 6.54 Å². The van der Waals surface area contributed by atoms with Crippen molar-refractivity contribution in [3.8, 4) is 5.88 Å². The van der Waals surface area contributed by atoms with Crippen LogP contribution in [0, 0.1) is 12.8 Å². The van der Waals surface area contributed by atoms with Gasteiger partial charge in [0.1, 0.15) is 11.8 Å². The number of anilines is 1. The maximum absolute atomic E-state index is 6.20. The van der Waals surface area contributed by atoms with Gasteiger partial charge in [0.15, 0.2) is 0 Å². The molecule has 2 unspecified atom stereocenters. The van der Waals surface area contributed by atoms with Crippen molar-refractivity contribution >= 4 is 5.69 Å². The van der Waals surface area contributed by atoms with E-state index in [0.29, 0.717) is 11.8 Å². The average molecular weight is 265 g/mol. The van der Waals surface area contributed by atoms with E-state index in [4.69, 9.17) is 10.5 Å². The second-order valence-corrected chi connectivity index (χ2v) is 5.71. The minimum atomic E-state index is 0.313. The molecule has 0 aromatic carbocycles. The summed E-state index contributed by atoms with van der Waals surface area (Å²) in [6.07, 6.45) is 7.52. The molecule has 4 nitrogen and oxygen atoms in total. The van der Waals surface area contributed by atoms with Gasteiger partial charge in [-0.15, -0.1) is 0 Å². The molecule has 0 radical (unpaired) electrons. The SMILES string of the molecule is CCCn1nc(C)c(N)c1OC1CCCC(CC)C1. The number of rotatable bonds is 5. The fourth-order valence-corrected chi connectivity index (χ4v) is 2.94. The van der Waals surface area contributed by atoms with Crippen LogP contribution in [0.25, 0.3) is 0 Å². The van der Waals surface area contributed by atoms with E-state index in [-0.39, 0.29) is 0 Å². The fraction of sp³-hybridized carbons (Fsp3) is 0.800. The summed E-state index contributed by atoms with van der Waals surface area (Å²) in [7, 11) is 0. The summed E-state index contributed by atoms with van der Waals surface area (Å²) >= 11 is 0. The second-order valence-electron chi connectivity index (χ2n) is 5.71. The quantitative estimate of drug-likeness (QED) is 0.886. The minimum Gasteiger partial charge on any atom is -0.473 e. The highest BCUT2D eigenvalue weighted by Crippen LogP contribution is 2.32. The van der Waals surface area contributed by atoms with Crippen molar-refractivity contribution in [2.24, 2.45) is 5.92 Å². The van der Waals surface area contributed by atoms with Crippen molar-refractivity contribution in [2.45, 2.75) is 71.9 Å². The van der Waals surface area contributed by atoms with Crippen LogP contribution in [0.15, 0.2) is 0 Å². The summed E-state index contributed by atoms with van der Waals surface area (Å²) < 4.78 is 8.13. The zero-order chi connectivity index (χ0) is 13.8. The lowest BCUT2D eigenvalue weighted by Crippen LogP contribution is -2.26. The first-order valence-corrected chi connectivity index (χ1v) is 7.65. The lowest BCUT2D eigenvalue weighted by Gasteiger charge is -2.29. The maximum Gasteiger partial charge on any atom is 0.236 e. The summed E-state index contributed by atoms with van der Waals surface area (Å²) in [5.74, 6) is 1.60. The molecule has 1 aliphatic carbocycles. The molecular weight excluding hydrogens is 238 g/mol. The van der Waals surface area contributed by atoms with Crippen LogP contribution in [-0.4, -0.2) is 15.9 Å². The summed E-state index contributed by atoms with van der Waals surface area (Å²) in [4.78, 5) is 0. The predicted octanol–water partition coefficient (Wildman–Crippen LogP) is 3.53. The van der Waals surface area contributed by atoms with Crippen LogP contribution in [0.2, 0.25) is 0 Å². The number of nitrogens with zero attached hydrogens (tertiary/aromatic N) is 2. The van der Waals surface area contributed by atoms with E-state index in [9.17, 15) is 0 Å². The Morgan fingerprint density at radius 2 is 2.16 bits per heavy atom. The van der Waals surface area contributed by atoms with Gasteiger partial charge < -0.3 is 10.5 Å². The number of hydrogen-bond acceptors (Lipinski definition) is 3. The highest BCUT2D eigenvalue weighted by atomic mass is 16.5. The highest BCUT2D eigenvalue weighted by molar-refractivity contribution is 5.52. The van der Waals surface area contributed by atoms with Gasteiger partial charge in [-0.1, -0.05) is 26.7 Å². The van der Waals surface area contributed by atoms with Crippen LogP contribution in [0.5, 0.6) is 5.88 Å². The Morgan fingerprint density at radius 3 is 2.84 bits per heavy atom. The molecule has 0 aliphatic heterocycles. The highest BCUT2D eigenvalue weighted by Gasteiger charge is 2.24. The first-order valence-electron chi connectivity index (χ1n) is 7.65. The van der Waals surface area contributed by atoms with E-state index in [1.165, 1.54) is 19.3 Å². The van der Waals surface area contributed by atoms with Crippen LogP contribution in [0.1, 0.15) is 58.1 Å². The first-order chi connectivity index (χ1) is 9.15. The molecule has 19 heavy (non-hydrogen) atoms. The second kappa shape index (κ2) is 6.31. The van der Waals surface area contributed by atoms with Crippen LogP contribution in [0.3, 0.4) is 0 Å². The van der Waals surface area contributed by atoms with E-state index in [1.54, 1.807) is 0 Å². The largest absolute Gasteiger partial charge is 0.473 e. The zero-order valence-electron chi connectivity index (χ0n) is 12.5. The number of nitrogen functional groups attached to an aromatic ring is 1. The van der Waals surface area contributed by atoms with Gasteiger partial charge in [-0.05, 0) is 38.5 Å². The molecule has 0 spiro atoms. The lowest BCUT2D eigenvalue weighted by molar-refractivity contribution is 0.111. The van der Waals surface area contributed by atoms with Crippen molar-refractivity contribution in [1.82, 2.24) is 9.78 Å². The van der Waals surface area contributed by atoms with E-state index >= 15 is 0 Å². The van der Waals surface area contributed by atoms with E-state index in [2.05, 4.69) is 18.9 Å². The van der Waals surface area contributed by atoms with Crippen molar-refractivity contribution in [3.05, 3.63) is 5.69 Å². The number of nitrogens with two attached hydrogens (primary N) is 1. The summed E-state index contributed by atoms with van der Waals surface area (Å²) in [6.45, 7) is 7.24. The summed E-state index contributed by atoms with van der Waals surface area (Å²) in [6, 6.07) is 0. The monoisotopic (exact) mass is 265 g/mol. The molecule has 4 heteroatoms. The van der Waals surface area contributed by atoms with Crippen LogP contribution >= 0.6 is 0 Å². The molecule has 1 saturated carbocycles. The Kier molecular flexibility index (Phi) is 4.72. The molecule has 108 valence electrons. The Bertz CT molecular complexity index is 414. The molecule has 0 bridgehead atoms. The average Bonchev–Trinajstić information content (AvgIpc) is 2.67. The Labute approximate surface area is 116 Å². The normalized spacial score (nSPS) is 23.5. The number of ether oxygens (including phenoxy) is 1. The molecule has 2 N–H and O–H groups in total. The van der Waals surface area contributed by atoms with Gasteiger partial charge in [0.05, 0.1) is 5.69 Å². The van der Waals surface area contributed by atoms with Crippen molar-refractivity contribution in [2.75, 3.05) is 5.73 Å². The molecule has 2 atom stereocenters. The molecule has 1 aromatic rings. The minimum absolute atomic E-state index is 0.313. The Hall–Kier alpha value is -1.19. The van der Waals surface area contributed by atoms with Gasteiger partial charge in [0, 0.05) is 6.54 Å². The van der Waals surface area contributed by atoms with Crippen molar-refractivity contribution < 1.29 is 4.74 Å². The Balaban J connectivity index is 2.09. The number of hydrogen-bond donors (Lipinski definition) is 1. The molecular formula is C15H27N3O. The number of aromatic nitrogens is 2. The predicted molar refractivity (Wildman–Crippen MR) is 78.3 cm³/mol. The van der Waals surface area contributed by atoms with Gasteiger partial charge in [-0.3, -0.25) is 0 Å². The topological polar surface area (TPSA) is 53.1 Å². The molecule has 1 aliphatic rings. The molecule has 0 amide bonds. The lowest BCUT2D eigenvalue weighted by atomic mass is 9.85. The van der Waals surface area contributed by atoms with Gasteiger partial charge in [-0.25, -0.2) is 4.68 Å². The number of aryl methyl sites for hydroxylation is 2. The van der Waals surface area contributed by atoms with E-state index in [1.807, 2.05) is 11.6 Å². The molecule has 1 heterocycles. The molecule has 2 rings (SSSR count). The van der Waals surface area contributed by atoms with Gasteiger partial charge in [0.2, 0.25) is 5.88 Å². The fourth-order valence-electron chi connectivity index (χ4n) is 2.94. The first kappa shape index (κ1) is 14.2. The zero-order valence-corrected chi connectivity index (χ0v) is 12.5. The Morgan fingerprint density at radius 1 is 1.37 bits per heavy atom. The molecule has 1 aromatic heterocycles. The van der Waals surface area contributed by atoms with Crippen LogP contribution in [0.4, 0.5) is 5.69 Å². The van der Waals surface area contributed by atoms with E-state index < -0.39 is 0 Å². The van der Waals surface area contributed by atoms with Crippen molar-refractivity contribution in [1.29, 1.82) is 0 Å². The molecule has 0 saturated heterocycles. The van der Waals surface area contributed by atoms with Gasteiger partial charge in [-0.2, -0.15) is 5.10 Å². The van der Waals surface area contributed by atoms with E-state index in [0.717, 1.165) is 43.3 Å². The molecule has 1 fully saturated rings. The maximum atomic E-state index is 6.20. The van der Waals surface area contributed by atoms with Gasteiger partial charge >= 0.3 is 0 Å². The smallest absolute Gasteiger partial charge is 0.236 e. The third kappa shape index (κ3) is 3.23. The summed E-state index contributed by atoms with van der Waals surface area (Å²) in [5, 5.41) is 4.47. The van der Waals surface area contributed by atoms with Gasteiger partial charge in [0.25, 0.3) is 0 Å². The van der Waals surface area contributed by atoms with Crippen LogP contribution < -0.4 is 10.5 Å². The standard InChI is InChI=1S/C15H27N3O/c1-4-9-18-15(14(16)11(3)17-18)19-13-8-6-7-12(5-2)10-13/h12-13H,4-10,16H2,1-3H3. The third-order valence-corrected chi connectivity index (χ3v) is 4.15. The summed E-state index contributed by atoms with van der Waals surface area (Å²) in [5.41, 5.74) is 7.71. The third-order valence-electron chi connectivity index (χ3n) is 4.15. The van der Waals surface area contributed by atoms with Crippen molar-refractivity contribution in [3.63, 3.8) is 0 Å².